The predicted octanol–water partition coefficient (Wildman–Crippen LogP) is 3.58. The molecule has 0 aliphatic rings. The van der Waals surface area contributed by atoms with Crippen LogP contribution in [0.2, 0.25) is 0 Å². The van der Waals surface area contributed by atoms with Crippen LogP contribution in [0.4, 0.5) is 13.2 Å². The highest BCUT2D eigenvalue weighted by Crippen LogP contribution is 2.51. The molecular weight excluding hydrogens is 408 g/mol. The predicted molar refractivity (Wildman–Crippen MR) is 80.2 cm³/mol. The van der Waals surface area contributed by atoms with Crippen LogP contribution in [0.1, 0.15) is 43.9 Å². The summed E-state index contributed by atoms with van der Waals surface area (Å²) in [7, 11) is -1.70. The lowest BCUT2D eigenvalue weighted by atomic mass is 10.1. The van der Waals surface area contributed by atoms with Crippen molar-refractivity contribution in [3.05, 3.63) is 35.2 Å². The molecule has 0 nitrogen and oxygen atoms in total. The Morgan fingerprint density at radius 2 is 1.67 bits per heavy atom. The maximum Gasteiger partial charge on any atom is 0.600 e. The van der Waals surface area contributed by atoms with Crippen molar-refractivity contribution in [1.82, 2.24) is 0 Å². The van der Waals surface area contributed by atoms with E-state index in [4.69, 9.17) is 0 Å². The topological polar surface area (TPSA) is 0 Å². The van der Waals surface area contributed by atoms with E-state index in [0.717, 1.165) is 31.1 Å². The fourth-order valence-corrected chi connectivity index (χ4v) is 4.51. The standard InChI is InChI=1S/C16H20F3S.HI/c1-2-3-4-5-6-10-14-12-13-9-7-8-11-15(13)20(14)16(17,18)19;/h7-9,11-12H,2-6,10H2,1H3;1H/q+1;/p-1. The highest BCUT2D eigenvalue weighted by molar-refractivity contribution is 7.38. The van der Waals surface area contributed by atoms with Gasteiger partial charge in [0.15, 0.2) is 9.58 Å². The highest BCUT2D eigenvalue weighted by Gasteiger charge is 2.47. The normalized spacial score (nSPS) is 12.5. The lowest BCUT2D eigenvalue weighted by Gasteiger charge is -2.01. The first-order valence-electron chi connectivity index (χ1n) is 7.14. The molecule has 2 rings (SSSR count). The Kier molecular flexibility index (Phi) is 7.47. The summed E-state index contributed by atoms with van der Waals surface area (Å²) in [5.41, 5.74) is -4.15. The minimum Gasteiger partial charge on any atom is -1.00 e. The third kappa shape index (κ3) is 4.84. The summed E-state index contributed by atoms with van der Waals surface area (Å²) in [6.07, 6.45) is 5.90. The minimum atomic E-state index is -4.15. The van der Waals surface area contributed by atoms with Gasteiger partial charge in [-0.3, -0.25) is 0 Å². The van der Waals surface area contributed by atoms with Gasteiger partial charge in [0, 0.05) is 17.9 Å². The van der Waals surface area contributed by atoms with Crippen molar-refractivity contribution < 1.29 is 37.1 Å². The lowest BCUT2D eigenvalue weighted by Crippen LogP contribution is -3.00. The van der Waals surface area contributed by atoms with Crippen LogP contribution in [0, 0.1) is 0 Å². The Labute approximate surface area is 143 Å². The van der Waals surface area contributed by atoms with Gasteiger partial charge in [-0.15, -0.1) is 13.2 Å². The maximum absolute atomic E-state index is 13.3. The Balaban J connectivity index is 0.00000220. The number of thiophene rings is 1. The van der Waals surface area contributed by atoms with Crippen molar-refractivity contribution in [2.75, 3.05) is 0 Å². The summed E-state index contributed by atoms with van der Waals surface area (Å²) in [4.78, 5) is 0.565. The quantitative estimate of drug-likeness (QED) is 0.375. The van der Waals surface area contributed by atoms with E-state index in [9.17, 15) is 13.2 Å². The van der Waals surface area contributed by atoms with Gasteiger partial charge in [0.25, 0.3) is 0 Å². The molecule has 0 aliphatic carbocycles. The second kappa shape index (κ2) is 8.36. The Bertz CT molecular complexity index is 560. The average molecular weight is 428 g/mol. The van der Waals surface area contributed by atoms with E-state index in [0.29, 0.717) is 16.0 Å². The van der Waals surface area contributed by atoms with E-state index in [-0.39, 0.29) is 24.0 Å². The lowest BCUT2D eigenvalue weighted by molar-refractivity contribution is -0.0867. The molecule has 1 aromatic heterocycles. The fraction of sp³-hybridized carbons (Fsp3) is 0.500. The van der Waals surface area contributed by atoms with E-state index >= 15 is 0 Å². The number of unbranched alkanes of at least 4 members (excludes halogenated alkanes) is 4. The molecule has 0 saturated heterocycles. The molecular formula is C16H20F3IS. The van der Waals surface area contributed by atoms with Gasteiger partial charge in [0.05, 0.1) is 10.5 Å². The number of fused-ring (bicyclic) bond motifs is 1. The van der Waals surface area contributed by atoms with Crippen LogP contribution in [0.15, 0.2) is 30.3 Å². The van der Waals surface area contributed by atoms with Crippen molar-refractivity contribution >= 4 is 20.6 Å². The third-order valence-corrected chi connectivity index (χ3v) is 5.60. The molecule has 0 amide bonds. The average Bonchev–Trinajstić information content (AvgIpc) is 2.76. The van der Waals surface area contributed by atoms with Gasteiger partial charge < -0.3 is 24.0 Å². The zero-order chi connectivity index (χ0) is 14.6. The Morgan fingerprint density at radius 3 is 2.33 bits per heavy atom. The molecule has 1 aromatic carbocycles. The van der Waals surface area contributed by atoms with Gasteiger partial charge in [0.1, 0.15) is 0 Å². The summed E-state index contributed by atoms with van der Waals surface area (Å²) in [6, 6.07) is 8.66. The molecule has 1 heterocycles. The van der Waals surface area contributed by atoms with Crippen molar-refractivity contribution in [1.29, 1.82) is 0 Å². The number of hydrogen-bond donors (Lipinski definition) is 0. The first-order valence-corrected chi connectivity index (χ1v) is 8.37. The summed E-state index contributed by atoms with van der Waals surface area (Å²) < 4.78 is 40.3. The monoisotopic (exact) mass is 428 g/mol. The number of rotatable bonds is 6. The van der Waals surface area contributed by atoms with E-state index in [1.165, 1.54) is 6.42 Å². The molecule has 0 saturated carbocycles. The Morgan fingerprint density at radius 1 is 1.00 bits per heavy atom. The number of aryl methyl sites for hydroxylation is 1. The van der Waals surface area contributed by atoms with E-state index in [1.54, 1.807) is 30.3 Å². The third-order valence-electron chi connectivity index (χ3n) is 3.48. The maximum atomic E-state index is 13.3. The summed E-state index contributed by atoms with van der Waals surface area (Å²) in [5.74, 6) is 0. The minimum absolute atomic E-state index is 0. The Hall–Kier alpha value is -0.300. The molecule has 0 radical (unpaired) electrons. The molecule has 21 heavy (non-hydrogen) atoms. The summed E-state index contributed by atoms with van der Waals surface area (Å²) >= 11 is 0. The number of halogens is 4. The second-order valence-corrected chi connectivity index (χ2v) is 7.10. The zero-order valence-electron chi connectivity index (χ0n) is 12.0. The van der Waals surface area contributed by atoms with Gasteiger partial charge in [-0.2, -0.15) is 0 Å². The number of hydrogen-bond acceptors (Lipinski definition) is 0. The van der Waals surface area contributed by atoms with E-state index < -0.39 is 16.0 Å². The van der Waals surface area contributed by atoms with Crippen molar-refractivity contribution in [3.8, 4) is 0 Å². The molecule has 1 atom stereocenters. The molecule has 0 N–H and O–H groups in total. The van der Waals surface area contributed by atoms with E-state index in [1.807, 2.05) is 0 Å². The SMILES string of the molecule is CCCCCCCc1cc2ccccc2[s+]1C(F)(F)F.[I-]. The first-order chi connectivity index (χ1) is 9.54. The van der Waals surface area contributed by atoms with Crippen LogP contribution in [0.5, 0.6) is 0 Å². The zero-order valence-corrected chi connectivity index (χ0v) is 15.0. The number of alkyl halides is 3. The molecule has 2 aromatic rings. The van der Waals surface area contributed by atoms with Gasteiger partial charge >= 0.3 is 5.51 Å². The van der Waals surface area contributed by atoms with Gasteiger partial charge in [0.2, 0.25) is 0 Å². The van der Waals surface area contributed by atoms with Crippen molar-refractivity contribution in [2.45, 2.75) is 51.0 Å². The van der Waals surface area contributed by atoms with Crippen LogP contribution < -0.4 is 24.0 Å². The highest BCUT2D eigenvalue weighted by atomic mass is 127. The molecule has 0 aliphatic heterocycles. The summed E-state index contributed by atoms with van der Waals surface area (Å²) in [6.45, 7) is 2.14. The summed E-state index contributed by atoms with van der Waals surface area (Å²) in [5, 5.41) is 0.747. The molecule has 118 valence electrons. The van der Waals surface area contributed by atoms with Crippen LogP contribution in [0.3, 0.4) is 0 Å². The molecule has 1 unspecified atom stereocenters. The molecule has 5 heteroatoms. The van der Waals surface area contributed by atoms with Crippen LogP contribution in [0.25, 0.3) is 10.1 Å². The van der Waals surface area contributed by atoms with Crippen molar-refractivity contribution in [2.24, 2.45) is 0 Å². The van der Waals surface area contributed by atoms with E-state index in [2.05, 4.69) is 6.92 Å². The molecule has 0 spiro atoms. The van der Waals surface area contributed by atoms with Gasteiger partial charge in [-0.1, -0.05) is 44.7 Å². The fourth-order valence-electron chi connectivity index (χ4n) is 2.51. The smallest absolute Gasteiger partial charge is 0.600 e. The van der Waals surface area contributed by atoms with Gasteiger partial charge in [-0.25, -0.2) is 0 Å². The van der Waals surface area contributed by atoms with Crippen LogP contribution in [-0.4, -0.2) is 0 Å². The van der Waals surface area contributed by atoms with Crippen LogP contribution in [-0.2, 0) is 11.9 Å². The second-order valence-electron chi connectivity index (χ2n) is 5.06. The molecule has 0 bridgehead atoms. The number of benzene rings is 1. The van der Waals surface area contributed by atoms with Crippen molar-refractivity contribution in [3.63, 3.8) is 0 Å². The largest absolute Gasteiger partial charge is 1.00 e. The molecule has 0 fully saturated rings. The van der Waals surface area contributed by atoms with Crippen LogP contribution >= 0.6 is 10.5 Å². The first kappa shape index (κ1) is 18.7. The van der Waals surface area contributed by atoms with Gasteiger partial charge in [-0.05, 0) is 18.6 Å².